The number of carboxylic acid groups (broad SMARTS) is 1. The van der Waals surface area contributed by atoms with Crippen molar-refractivity contribution in [3.8, 4) is 22.6 Å². The Morgan fingerprint density at radius 1 is 1.00 bits per heavy atom. The molecule has 0 spiro atoms. The molecule has 1 aliphatic carbocycles. The molecule has 1 N–H and O–H groups in total. The maximum absolute atomic E-state index is 15.0. The lowest BCUT2D eigenvalue weighted by Crippen LogP contribution is -2.10. The molecule has 0 saturated heterocycles. The smallest absolute Gasteiger partial charge is 0.300 e. The van der Waals surface area contributed by atoms with E-state index in [9.17, 15) is 4.39 Å². The molecule has 40 heavy (non-hydrogen) atoms. The molecule has 0 radical (unpaired) electrons. The third kappa shape index (κ3) is 7.17. The summed E-state index contributed by atoms with van der Waals surface area (Å²) in [5, 5.41) is 11.4. The SMILES string of the molecule is CC(=O)O.COc1ccc(F)c(-c2ccc(COc3cccc(Cc4ccon4)c3)cc2C2=CCCC2(C)C)c1. The van der Waals surface area contributed by atoms with Gasteiger partial charge in [0.25, 0.3) is 5.97 Å². The molecule has 0 bridgehead atoms. The van der Waals surface area contributed by atoms with Crippen molar-refractivity contribution in [1.29, 1.82) is 0 Å². The quantitative estimate of drug-likeness (QED) is 0.243. The van der Waals surface area contributed by atoms with Gasteiger partial charge in [-0.3, -0.25) is 4.79 Å². The van der Waals surface area contributed by atoms with Gasteiger partial charge in [0, 0.05) is 25.0 Å². The van der Waals surface area contributed by atoms with Gasteiger partial charge < -0.3 is 19.1 Å². The highest BCUT2D eigenvalue weighted by atomic mass is 19.1. The summed E-state index contributed by atoms with van der Waals surface area (Å²) in [6, 6.07) is 20.9. The second kappa shape index (κ2) is 12.6. The summed E-state index contributed by atoms with van der Waals surface area (Å²) in [7, 11) is 1.60. The molecule has 0 aliphatic heterocycles. The Labute approximate surface area is 234 Å². The average Bonchev–Trinajstić information content (AvgIpc) is 3.56. The molecular weight excluding hydrogens is 509 g/mol. The third-order valence-electron chi connectivity index (χ3n) is 6.87. The maximum atomic E-state index is 15.0. The van der Waals surface area contributed by atoms with Crippen LogP contribution in [0.2, 0.25) is 0 Å². The predicted molar refractivity (Wildman–Crippen MR) is 153 cm³/mol. The number of carboxylic acids is 1. The van der Waals surface area contributed by atoms with Gasteiger partial charge >= 0.3 is 0 Å². The molecular formula is C33H34FNO5. The van der Waals surface area contributed by atoms with Gasteiger partial charge in [-0.15, -0.1) is 0 Å². The normalized spacial score (nSPS) is 13.7. The minimum Gasteiger partial charge on any atom is -0.497 e. The van der Waals surface area contributed by atoms with Crippen molar-refractivity contribution in [3.63, 3.8) is 0 Å². The summed E-state index contributed by atoms with van der Waals surface area (Å²) in [5.74, 6) is 0.331. The molecule has 7 heteroatoms. The second-order valence-corrected chi connectivity index (χ2v) is 10.4. The highest BCUT2D eigenvalue weighted by molar-refractivity contribution is 5.85. The Hall–Kier alpha value is -4.39. The Bertz CT molecular complexity index is 1490. The maximum Gasteiger partial charge on any atom is 0.300 e. The van der Waals surface area contributed by atoms with Crippen LogP contribution >= 0.6 is 0 Å². The van der Waals surface area contributed by atoms with E-state index < -0.39 is 5.97 Å². The number of hydrogen-bond acceptors (Lipinski definition) is 5. The van der Waals surface area contributed by atoms with E-state index >= 15 is 0 Å². The van der Waals surface area contributed by atoms with Crippen LogP contribution in [0.3, 0.4) is 0 Å². The van der Waals surface area contributed by atoms with Gasteiger partial charge in [-0.25, -0.2) is 4.39 Å². The number of nitrogens with zero attached hydrogens (tertiary/aromatic N) is 1. The number of allylic oxidation sites excluding steroid dienone is 2. The summed E-state index contributed by atoms with van der Waals surface area (Å²) in [4.78, 5) is 9.00. The van der Waals surface area contributed by atoms with Gasteiger partial charge in [-0.05, 0) is 82.5 Å². The molecule has 0 atom stereocenters. The number of hydrogen-bond donors (Lipinski definition) is 1. The van der Waals surface area contributed by atoms with Crippen LogP contribution in [0.4, 0.5) is 4.39 Å². The monoisotopic (exact) mass is 543 g/mol. The molecule has 1 heterocycles. The van der Waals surface area contributed by atoms with E-state index in [0.717, 1.165) is 53.5 Å². The van der Waals surface area contributed by atoms with Crippen LogP contribution in [0.15, 0.2) is 83.6 Å². The number of carbonyl (C=O) groups is 1. The van der Waals surface area contributed by atoms with Crippen molar-refractivity contribution >= 4 is 11.5 Å². The molecule has 3 aromatic carbocycles. The Morgan fingerprint density at radius 3 is 2.48 bits per heavy atom. The first-order valence-corrected chi connectivity index (χ1v) is 13.1. The molecule has 1 aliphatic rings. The highest BCUT2D eigenvalue weighted by Gasteiger charge is 2.30. The fourth-order valence-corrected chi connectivity index (χ4v) is 4.89. The van der Waals surface area contributed by atoms with E-state index in [2.05, 4.69) is 31.1 Å². The first-order valence-electron chi connectivity index (χ1n) is 13.1. The molecule has 4 aromatic rings. The number of methoxy groups -OCH3 is 1. The van der Waals surface area contributed by atoms with E-state index in [-0.39, 0.29) is 11.2 Å². The van der Waals surface area contributed by atoms with Crippen LogP contribution in [0.1, 0.15) is 56.0 Å². The second-order valence-electron chi connectivity index (χ2n) is 10.4. The Balaban J connectivity index is 0.000000867. The third-order valence-corrected chi connectivity index (χ3v) is 6.87. The summed E-state index contributed by atoms with van der Waals surface area (Å²) >= 11 is 0. The summed E-state index contributed by atoms with van der Waals surface area (Å²) in [5.41, 5.74) is 6.73. The van der Waals surface area contributed by atoms with Gasteiger partial charge in [0.1, 0.15) is 30.2 Å². The van der Waals surface area contributed by atoms with E-state index in [1.165, 1.54) is 11.6 Å². The van der Waals surface area contributed by atoms with Crippen molar-refractivity contribution < 1.29 is 28.3 Å². The topological polar surface area (TPSA) is 81.8 Å². The van der Waals surface area contributed by atoms with Gasteiger partial charge in [0.2, 0.25) is 0 Å². The van der Waals surface area contributed by atoms with E-state index in [1.54, 1.807) is 25.5 Å². The molecule has 208 valence electrons. The van der Waals surface area contributed by atoms with Crippen LogP contribution < -0.4 is 9.47 Å². The fourth-order valence-electron chi connectivity index (χ4n) is 4.89. The standard InChI is InChI=1S/C31H30FNO3.C2H4O2/c1-31(2)14-5-8-29(31)27-18-22(9-11-26(27)28-19-24(34-3)10-12-30(28)32)20-35-25-7-4-6-21(17-25)16-23-13-15-36-33-23;1-2(3)4/h4,6-13,15,17-19H,5,14,16,20H2,1-3H3;1H3,(H,3,4). The fraction of sp³-hybridized carbons (Fsp3) is 0.273. The van der Waals surface area contributed by atoms with Crippen LogP contribution in [-0.2, 0) is 17.8 Å². The summed E-state index contributed by atoms with van der Waals surface area (Å²) < 4.78 is 31.5. The zero-order chi connectivity index (χ0) is 28.7. The summed E-state index contributed by atoms with van der Waals surface area (Å²) in [6.07, 6.45) is 6.63. The van der Waals surface area contributed by atoms with Crippen LogP contribution in [0.25, 0.3) is 16.7 Å². The Morgan fingerprint density at radius 2 is 1.80 bits per heavy atom. The lowest BCUT2D eigenvalue weighted by molar-refractivity contribution is -0.134. The number of halogens is 1. The Kier molecular flexibility index (Phi) is 9.04. The van der Waals surface area contributed by atoms with Crippen LogP contribution in [0, 0.1) is 11.2 Å². The van der Waals surface area contributed by atoms with Crippen molar-refractivity contribution in [3.05, 3.63) is 107 Å². The molecule has 0 unspecified atom stereocenters. The zero-order valence-corrected chi connectivity index (χ0v) is 23.2. The molecule has 0 fully saturated rings. The number of benzene rings is 3. The van der Waals surface area contributed by atoms with E-state index in [0.29, 0.717) is 24.3 Å². The van der Waals surface area contributed by atoms with Crippen LogP contribution in [-0.4, -0.2) is 23.3 Å². The minimum absolute atomic E-state index is 0.0129. The highest BCUT2D eigenvalue weighted by Crippen LogP contribution is 2.47. The summed E-state index contributed by atoms with van der Waals surface area (Å²) in [6.45, 7) is 6.00. The predicted octanol–water partition coefficient (Wildman–Crippen LogP) is 7.95. The average molecular weight is 544 g/mol. The van der Waals surface area contributed by atoms with Crippen molar-refractivity contribution in [2.24, 2.45) is 5.41 Å². The molecule has 1 aromatic heterocycles. The van der Waals surface area contributed by atoms with E-state index in [4.69, 9.17) is 23.9 Å². The number of aromatic nitrogens is 1. The lowest BCUT2D eigenvalue weighted by atomic mass is 9.79. The van der Waals surface area contributed by atoms with Gasteiger partial charge in [0.15, 0.2) is 0 Å². The first-order chi connectivity index (χ1) is 19.2. The number of ether oxygens (including phenoxy) is 2. The minimum atomic E-state index is -0.833. The van der Waals surface area contributed by atoms with Crippen molar-refractivity contribution in [1.82, 2.24) is 5.16 Å². The number of rotatable bonds is 8. The lowest BCUT2D eigenvalue weighted by Gasteiger charge is -2.25. The van der Waals surface area contributed by atoms with Gasteiger partial charge in [0.05, 0.1) is 12.8 Å². The van der Waals surface area contributed by atoms with Gasteiger partial charge in [-0.2, -0.15) is 0 Å². The van der Waals surface area contributed by atoms with E-state index in [1.807, 2.05) is 42.5 Å². The molecule has 6 nitrogen and oxygen atoms in total. The number of aliphatic carboxylic acids is 1. The van der Waals surface area contributed by atoms with Gasteiger partial charge in [-0.1, -0.05) is 49.3 Å². The largest absolute Gasteiger partial charge is 0.497 e. The van der Waals surface area contributed by atoms with Crippen molar-refractivity contribution in [2.45, 2.75) is 46.6 Å². The zero-order valence-electron chi connectivity index (χ0n) is 23.2. The molecule has 0 amide bonds. The van der Waals surface area contributed by atoms with Crippen molar-refractivity contribution in [2.75, 3.05) is 7.11 Å². The molecule has 5 rings (SSSR count). The molecule has 0 saturated carbocycles. The van der Waals surface area contributed by atoms with Crippen LogP contribution in [0.5, 0.6) is 11.5 Å². The first kappa shape index (κ1) is 28.6.